The van der Waals surface area contributed by atoms with E-state index in [1.807, 2.05) is 30.3 Å². The average molecular weight is 383 g/mol. The molecule has 0 aliphatic carbocycles. The molecule has 3 heterocycles. The largest absolute Gasteiger partial charge is 0.465 e. The van der Waals surface area contributed by atoms with Gasteiger partial charge in [0.25, 0.3) is 5.56 Å². The monoisotopic (exact) mass is 383 g/mol. The number of carbonyl (C=O) groups is 1. The minimum Gasteiger partial charge on any atom is -0.465 e. The van der Waals surface area contributed by atoms with Crippen molar-refractivity contribution in [1.82, 2.24) is 24.2 Å². The van der Waals surface area contributed by atoms with Gasteiger partial charge in [-0.1, -0.05) is 30.3 Å². The highest BCUT2D eigenvalue weighted by molar-refractivity contribution is 5.89. The van der Waals surface area contributed by atoms with Gasteiger partial charge >= 0.3 is 6.09 Å². The second-order valence-electron chi connectivity index (χ2n) is 7.21. The molecule has 2 N–H and O–H groups in total. The first-order valence-corrected chi connectivity index (χ1v) is 9.06. The van der Waals surface area contributed by atoms with Gasteiger partial charge in [-0.05, 0) is 12.8 Å². The van der Waals surface area contributed by atoms with Gasteiger partial charge in [0.15, 0.2) is 5.52 Å². The smallest absolute Gasteiger partial charge is 0.407 e. The average Bonchev–Trinajstić information content (AvgIpc) is 3.02. The van der Waals surface area contributed by atoms with Crippen molar-refractivity contribution in [3.05, 3.63) is 47.0 Å². The van der Waals surface area contributed by atoms with Crippen LogP contribution in [-0.2, 0) is 13.6 Å². The maximum absolute atomic E-state index is 12.9. The second kappa shape index (κ2) is 6.75. The maximum Gasteiger partial charge on any atom is 0.407 e. The van der Waals surface area contributed by atoms with E-state index in [0.29, 0.717) is 5.52 Å². The van der Waals surface area contributed by atoms with E-state index < -0.39 is 11.7 Å². The Labute approximate surface area is 160 Å². The van der Waals surface area contributed by atoms with Crippen LogP contribution in [-0.4, -0.2) is 59.2 Å². The highest BCUT2D eigenvalue weighted by Gasteiger charge is 2.35. The Morgan fingerprint density at radius 3 is 2.50 bits per heavy atom. The quantitative estimate of drug-likeness (QED) is 0.705. The first-order chi connectivity index (χ1) is 13.4. The number of likely N-dealkylation sites (tertiary alicyclic amines) is 1. The van der Waals surface area contributed by atoms with Crippen LogP contribution in [0.4, 0.5) is 4.79 Å². The topological polar surface area (TPSA) is 113 Å². The van der Waals surface area contributed by atoms with Crippen LogP contribution in [0.25, 0.3) is 22.3 Å². The van der Waals surface area contributed by atoms with E-state index in [-0.39, 0.29) is 43.6 Å². The van der Waals surface area contributed by atoms with E-state index in [1.165, 1.54) is 15.8 Å². The van der Waals surface area contributed by atoms with Gasteiger partial charge in [-0.2, -0.15) is 5.10 Å². The van der Waals surface area contributed by atoms with E-state index in [1.54, 1.807) is 11.7 Å². The number of aliphatic hydroxyl groups is 1. The molecule has 3 aromatic rings. The summed E-state index contributed by atoms with van der Waals surface area (Å²) in [5.41, 5.74) is 0.961. The molecule has 1 aromatic carbocycles. The van der Waals surface area contributed by atoms with Crippen LogP contribution in [0, 0.1) is 0 Å². The van der Waals surface area contributed by atoms with Crippen molar-refractivity contribution in [1.29, 1.82) is 0 Å². The van der Waals surface area contributed by atoms with Crippen LogP contribution in [0.3, 0.4) is 0 Å². The van der Waals surface area contributed by atoms with Gasteiger partial charge in [-0.15, -0.1) is 0 Å². The van der Waals surface area contributed by atoms with E-state index in [9.17, 15) is 14.7 Å². The first kappa shape index (κ1) is 18.2. The lowest BCUT2D eigenvalue weighted by Crippen LogP contribution is -2.49. The number of fused-ring (bicyclic) bond motifs is 1. The molecule has 0 spiro atoms. The Morgan fingerprint density at radius 1 is 1.18 bits per heavy atom. The molecule has 4 rings (SSSR count). The Morgan fingerprint density at radius 2 is 1.86 bits per heavy atom. The lowest BCUT2D eigenvalue weighted by Gasteiger charge is -2.37. The fraction of sp³-hybridized carbons (Fsp3) is 0.368. The Hall–Kier alpha value is -3.20. The molecule has 1 saturated heterocycles. The van der Waals surface area contributed by atoms with Gasteiger partial charge in [0.2, 0.25) is 0 Å². The molecule has 2 aromatic heterocycles. The zero-order valence-corrected chi connectivity index (χ0v) is 15.4. The van der Waals surface area contributed by atoms with Crippen LogP contribution in [0.2, 0.25) is 0 Å². The van der Waals surface area contributed by atoms with E-state index in [4.69, 9.17) is 5.11 Å². The summed E-state index contributed by atoms with van der Waals surface area (Å²) in [5, 5.41) is 24.2. The summed E-state index contributed by atoms with van der Waals surface area (Å²) < 4.78 is 3.00. The Balaban J connectivity index is 1.66. The number of aryl methyl sites for hydroxylation is 1. The normalized spacial score (nSPS) is 16.4. The molecule has 9 heteroatoms. The van der Waals surface area contributed by atoms with Crippen LogP contribution in [0.15, 0.2) is 41.5 Å². The van der Waals surface area contributed by atoms with Crippen LogP contribution in [0.5, 0.6) is 0 Å². The molecule has 28 heavy (non-hydrogen) atoms. The molecule has 0 atom stereocenters. The first-order valence-electron chi connectivity index (χ1n) is 9.06. The third kappa shape index (κ3) is 3.13. The number of rotatable bonds is 3. The SMILES string of the molecule is Cn1nc2c(=O)n(CC3(O)CCN(C(=O)O)CC3)cnc2c1-c1ccccc1. The lowest BCUT2D eigenvalue weighted by atomic mass is 9.91. The predicted octanol–water partition coefficient (Wildman–Crippen LogP) is 1.30. The van der Waals surface area contributed by atoms with Gasteiger partial charge in [0.05, 0.1) is 24.2 Å². The third-order valence-electron chi connectivity index (χ3n) is 5.29. The zero-order chi connectivity index (χ0) is 19.9. The summed E-state index contributed by atoms with van der Waals surface area (Å²) >= 11 is 0. The number of piperidine rings is 1. The van der Waals surface area contributed by atoms with Crippen molar-refractivity contribution in [2.45, 2.75) is 25.0 Å². The predicted molar refractivity (Wildman–Crippen MR) is 102 cm³/mol. The van der Waals surface area contributed by atoms with Crippen LogP contribution in [0.1, 0.15) is 12.8 Å². The van der Waals surface area contributed by atoms with Crippen molar-refractivity contribution in [3.8, 4) is 11.3 Å². The fourth-order valence-corrected chi connectivity index (χ4v) is 3.72. The molecule has 0 unspecified atom stereocenters. The van der Waals surface area contributed by atoms with Crippen molar-refractivity contribution in [3.63, 3.8) is 0 Å². The summed E-state index contributed by atoms with van der Waals surface area (Å²) in [6.45, 7) is 0.523. The second-order valence-corrected chi connectivity index (χ2v) is 7.21. The highest BCUT2D eigenvalue weighted by atomic mass is 16.4. The zero-order valence-electron chi connectivity index (χ0n) is 15.4. The van der Waals surface area contributed by atoms with E-state index in [2.05, 4.69) is 10.1 Å². The van der Waals surface area contributed by atoms with Crippen molar-refractivity contribution in [2.75, 3.05) is 13.1 Å². The fourth-order valence-electron chi connectivity index (χ4n) is 3.72. The number of aromatic nitrogens is 4. The summed E-state index contributed by atoms with van der Waals surface area (Å²) in [6.07, 6.45) is 0.965. The number of nitrogens with zero attached hydrogens (tertiary/aromatic N) is 5. The molecule has 0 saturated carbocycles. The molecule has 9 nitrogen and oxygen atoms in total. The Bertz CT molecular complexity index is 1080. The van der Waals surface area contributed by atoms with E-state index in [0.717, 1.165) is 11.3 Å². The summed E-state index contributed by atoms with van der Waals surface area (Å²) in [6, 6.07) is 9.60. The molecular formula is C19H21N5O4. The van der Waals surface area contributed by atoms with Crippen LogP contribution < -0.4 is 5.56 Å². The highest BCUT2D eigenvalue weighted by Crippen LogP contribution is 2.26. The maximum atomic E-state index is 12.9. The van der Waals surface area contributed by atoms with Gasteiger partial charge in [-0.25, -0.2) is 9.78 Å². The van der Waals surface area contributed by atoms with Gasteiger partial charge < -0.3 is 15.1 Å². The third-order valence-corrected chi connectivity index (χ3v) is 5.29. The molecule has 1 aliphatic rings. The number of hydrogen-bond donors (Lipinski definition) is 2. The number of benzene rings is 1. The molecule has 1 aliphatic heterocycles. The lowest BCUT2D eigenvalue weighted by molar-refractivity contribution is -0.0304. The molecule has 1 amide bonds. The molecule has 0 radical (unpaired) electrons. The summed E-state index contributed by atoms with van der Waals surface area (Å²) in [7, 11) is 1.77. The van der Waals surface area contributed by atoms with Gasteiger partial charge in [0.1, 0.15) is 5.52 Å². The van der Waals surface area contributed by atoms with Crippen molar-refractivity contribution >= 4 is 17.1 Å². The van der Waals surface area contributed by atoms with Crippen LogP contribution >= 0.6 is 0 Å². The molecule has 0 bridgehead atoms. The van der Waals surface area contributed by atoms with Crippen molar-refractivity contribution < 1.29 is 15.0 Å². The molecular weight excluding hydrogens is 362 g/mol. The number of hydrogen-bond acceptors (Lipinski definition) is 5. The number of amides is 1. The van der Waals surface area contributed by atoms with E-state index >= 15 is 0 Å². The summed E-state index contributed by atoms with van der Waals surface area (Å²) in [4.78, 5) is 29.7. The standard InChI is InChI=1S/C19H21N5O4/c1-22-16(13-5-3-2-4-6-13)14-15(21-22)17(25)24(12-20-14)11-19(28)7-9-23(10-8-19)18(26)27/h2-6,12,28H,7-11H2,1H3,(H,26,27). The summed E-state index contributed by atoms with van der Waals surface area (Å²) in [5.74, 6) is 0. The number of carboxylic acid groups (broad SMARTS) is 1. The van der Waals surface area contributed by atoms with Gasteiger partial charge in [0, 0.05) is 25.7 Å². The molecule has 1 fully saturated rings. The Kier molecular flexibility index (Phi) is 4.38. The minimum absolute atomic E-state index is 0.0550. The molecule has 146 valence electrons. The van der Waals surface area contributed by atoms with Crippen molar-refractivity contribution in [2.24, 2.45) is 7.05 Å². The minimum atomic E-state index is -1.15. The van der Waals surface area contributed by atoms with Gasteiger partial charge in [-0.3, -0.25) is 14.0 Å².